The Balaban J connectivity index is 0.000000360. The van der Waals surface area contributed by atoms with Crippen LogP contribution in [0, 0.1) is 6.92 Å². The maximum atomic E-state index is 4.72. The first kappa shape index (κ1) is 6.17. The number of nitrogens with zero attached hydrogens (tertiary/aromatic N) is 1. The minimum Gasteiger partial charge on any atom is -0.449 e. The third-order valence-electron chi connectivity index (χ3n) is 0.556. The summed E-state index contributed by atoms with van der Waals surface area (Å²) in [5.41, 5.74) is 0. The van der Waals surface area contributed by atoms with Crippen molar-refractivity contribution in [3.05, 3.63) is 18.4 Å². The summed E-state index contributed by atoms with van der Waals surface area (Å²) < 4.78 is 4.72. The number of aryl methyl sites for hydroxylation is 1. The number of hydrogen-bond donors (Lipinski definition) is 1. The van der Waals surface area contributed by atoms with Crippen molar-refractivity contribution in [2.75, 3.05) is 0 Å². The van der Waals surface area contributed by atoms with Gasteiger partial charge in [-0.15, -0.1) is 0 Å². The van der Waals surface area contributed by atoms with Crippen LogP contribution in [-0.2, 0) is 0 Å². The first-order valence-corrected chi connectivity index (χ1v) is 1.75. The van der Waals surface area contributed by atoms with Gasteiger partial charge in [0, 0.05) is 6.92 Å². The highest BCUT2D eigenvalue weighted by Gasteiger charge is 1.77. The van der Waals surface area contributed by atoms with Gasteiger partial charge in [0.15, 0.2) is 5.89 Å². The normalized spacial score (nSPS) is 7.57. The van der Waals surface area contributed by atoms with E-state index in [1.807, 2.05) is 0 Å². The zero-order valence-electron chi connectivity index (χ0n) is 4.22. The largest absolute Gasteiger partial charge is 0.449 e. The molecule has 3 N–H and O–H groups in total. The molecule has 0 aliphatic heterocycles. The van der Waals surface area contributed by atoms with Crippen LogP contribution in [0.3, 0.4) is 0 Å². The van der Waals surface area contributed by atoms with Gasteiger partial charge < -0.3 is 10.6 Å². The van der Waals surface area contributed by atoms with Crippen molar-refractivity contribution in [1.29, 1.82) is 0 Å². The fraction of sp³-hybridized carbons (Fsp3) is 0.250. The van der Waals surface area contributed by atoms with Gasteiger partial charge >= 0.3 is 0 Å². The maximum absolute atomic E-state index is 4.72. The van der Waals surface area contributed by atoms with Gasteiger partial charge in [-0.25, -0.2) is 4.98 Å². The van der Waals surface area contributed by atoms with E-state index in [9.17, 15) is 0 Å². The lowest BCUT2D eigenvalue weighted by atomic mass is 10.8. The minimum atomic E-state index is 0. The fourth-order valence-electron chi connectivity index (χ4n) is 0.295. The Bertz CT molecular complexity index is 113. The predicted molar refractivity (Wildman–Crippen MR) is 26.3 cm³/mol. The first-order valence-electron chi connectivity index (χ1n) is 1.75. The topological polar surface area (TPSA) is 61.0 Å². The summed E-state index contributed by atoms with van der Waals surface area (Å²) in [5.74, 6) is 0.718. The molecule has 0 saturated heterocycles. The zero-order valence-corrected chi connectivity index (χ0v) is 4.22. The molecular weight excluding hydrogens is 92.1 g/mol. The Morgan fingerprint density at radius 1 is 1.71 bits per heavy atom. The van der Waals surface area contributed by atoms with Crippen LogP contribution in [0.25, 0.3) is 0 Å². The molecule has 3 heteroatoms. The third kappa shape index (κ3) is 1.36. The lowest BCUT2D eigenvalue weighted by molar-refractivity contribution is 0.521. The van der Waals surface area contributed by atoms with E-state index in [0.29, 0.717) is 0 Å². The maximum Gasteiger partial charge on any atom is 0.190 e. The van der Waals surface area contributed by atoms with Gasteiger partial charge in [-0.3, -0.25) is 0 Å². The van der Waals surface area contributed by atoms with Crippen molar-refractivity contribution < 1.29 is 4.42 Å². The molecule has 0 bridgehead atoms. The monoisotopic (exact) mass is 100 g/mol. The molecule has 1 aromatic heterocycles. The molecular formula is C4H8N2O. The van der Waals surface area contributed by atoms with Crippen LogP contribution in [0.2, 0.25) is 0 Å². The van der Waals surface area contributed by atoms with Crippen molar-refractivity contribution in [3.8, 4) is 0 Å². The predicted octanol–water partition coefficient (Wildman–Crippen LogP) is 1.15. The lowest BCUT2D eigenvalue weighted by Crippen LogP contribution is -1.59. The van der Waals surface area contributed by atoms with E-state index in [4.69, 9.17) is 4.42 Å². The standard InChI is InChI=1S/C4H5NO.H3N/c1-4-5-2-3-6-4;/h2-3H,1H3;1H3. The van der Waals surface area contributed by atoms with E-state index in [1.165, 1.54) is 0 Å². The molecule has 3 nitrogen and oxygen atoms in total. The Hall–Kier alpha value is -0.830. The van der Waals surface area contributed by atoms with Crippen LogP contribution in [-0.4, -0.2) is 4.98 Å². The molecule has 0 atom stereocenters. The van der Waals surface area contributed by atoms with Crippen LogP contribution < -0.4 is 6.15 Å². The molecule has 0 aliphatic rings. The van der Waals surface area contributed by atoms with Gasteiger partial charge in [0.1, 0.15) is 6.26 Å². The first-order chi connectivity index (χ1) is 2.89. The van der Waals surface area contributed by atoms with E-state index in [-0.39, 0.29) is 6.15 Å². The van der Waals surface area contributed by atoms with E-state index in [2.05, 4.69) is 4.98 Å². The summed E-state index contributed by atoms with van der Waals surface area (Å²) in [6.07, 6.45) is 3.17. The number of rotatable bonds is 0. The zero-order chi connectivity index (χ0) is 4.41. The average molecular weight is 100 g/mol. The van der Waals surface area contributed by atoms with Gasteiger partial charge in [-0.05, 0) is 0 Å². The van der Waals surface area contributed by atoms with Crippen molar-refractivity contribution in [1.82, 2.24) is 11.1 Å². The Kier molecular flexibility index (Phi) is 2.08. The molecule has 0 saturated carbocycles. The van der Waals surface area contributed by atoms with Crippen LogP contribution in [0.4, 0.5) is 0 Å². The van der Waals surface area contributed by atoms with Crippen LogP contribution in [0.1, 0.15) is 5.89 Å². The van der Waals surface area contributed by atoms with E-state index < -0.39 is 0 Å². The second-order valence-electron chi connectivity index (χ2n) is 1.05. The lowest BCUT2D eigenvalue weighted by Gasteiger charge is -1.67. The molecule has 0 fully saturated rings. The van der Waals surface area contributed by atoms with E-state index in [1.54, 1.807) is 19.4 Å². The second kappa shape index (κ2) is 2.36. The average Bonchev–Trinajstić information content (AvgIpc) is 1.86. The van der Waals surface area contributed by atoms with Crippen LogP contribution >= 0.6 is 0 Å². The van der Waals surface area contributed by atoms with Crippen molar-refractivity contribution in [2.45, 2.75) is 6.92 Å². The summed E-state index contributed by atoms with van der Waals surface area (Å²) in [4.78, 5) is 3.75. The Morgan fingerprint density at radius 2 is 2.43 bits per heavy atom. The molecule has 0 radical (unpaired) electrons. The van der Waals surface area contributed by atoms with Crippen molar-refractivity contribution >= 4 is 0 Å². The Morgan fingerprint density at radius 3 is 2.57 bits per heavy atom. The highest BCUT2D eigenvalue weighted by atomic mass is 16.3. The smallest absolute Gasteiger partial charge is 0.190 e. The molecule has 40 valence electrons. The summed E-state index contributed by atoms with van der Waals surface area (Å²) in [6, 6.07) is 0. The second-order valence-corrected chi connectivity index (χ2v) is 1.05. The van der Waals surface area contributed by atoms with Gasteiger partial charge in [-0.2, -0.15) is 0 Å². The van der Waals surface area contributed by atoms with Crippen molar-refractivity contribution in [3.63, 3.8) is 0 Å². The van der Waals surface area contributed by atoms with Crippen LogP contribution in [0.5, 0.6) is 0 Å². The Labute approximate surface area is 41.9 Å². The summed E-state index contributed by atoms with van der Waals surface area (Å²) in [5, 5.41) is 0. The van der Waals surface area contributed by atoms with E-state index in [0.717, 1.165) is 5.89 Å². The summed E-state index contributed by atoms with van der Waals surface area (Å²) in [6.45, 7) is 1.81. The molecule has 0 unspecified atom stereocenters. The number of oxazole rings is 1. The molecule has 0 amide bonds. The molecule has 1 aromatic rings. The van der Waals surface area contributed by atoms with Gasteiger partial charge in [0.2, 0.25) is 0 Å². The van der Waals surface area contributed by atoms with E-state index >= 15 is 0 Å². The van der Waals surface area contributed by atoms with Crippen LogP contribution in [0.15, 0.2) is 16.9 Å². The molecule has 7 heavy (non-hydrogen) atoms. The summed E-state index contributed by atoms with van der Waals surface area (Å²) >= 11 is 0. The molecule has 1 rings (SSSR count). The summed E-state index contributed by atoms with van der Waals surface area (Å²) in [7, 11) is 0. The third-order valence-corrected chi connectivity index (χ3v) is 0.556. The molecule has 1 heterocycles. The van der Waals surface area contributed by atoms with Gasteiger partial charge in [-0.1, -0.05) is 0 Å². The number of aromatic nitrogens is 1. The molecule has 0 spiro atoms. The SMILES string of the molecule is Cc1ncco1.N. The highest BCUT2D eigenvalue weighted by Crippen LogP contribution is 1.86. The minimum absolute atomic E-state index is 0. The molecule has 0 aliphatic carbocycles. The number of hydrogen-bond acceptors (Lipinski definition) is 3. The fourth-order valence-corrected chi connectivity index (χ4v) is 0.295. The molecule has 0 aromatic carbocycles. The van der Waals surface area contributed by atoms with Gasteiger partial charge in [0.05, 0.1) is 6.20 Å². The van der Waals surface area contributed by atoms with Gasteiger partial charge in [0.25, 0.3) is 0 Å². The quantitative estimate of drug-likeness (QED) is 0.531. The highest BCUT2D eigenvalue weighted by molar-refractivity contribution is 4.72. The van der Waals surface area contributed by atoms with Crippen molar-refractivity contribution in [2.24, 2.45) is 0 Å².